The van der Waals surface area contributed by atoms with Crippen LogP contribution in [0, 0.1) is 5.92 Å². The Balaban J connectivity index is 2.01. The summed E-state index contributed by atoms with van der Waals surface area (Å²) >= 11 is 0. The summed E-state index contributed by atoms with van der Waals surface area (Å²) in [6.45, 7) is 5.30. The normalized spacial score (nSPS) is 19.8. The Morgan fingerprint density at radius 2 is 1.84 bits per heavy atom. The Hall–Kier alpha value is -2.90. The fourth-order valence-electron chi connectivity index (χ4n) is 2.46. The van der Waals surface area contributed by atoms with Gasteiger partial charge in [0.25, 0.3) is 5.91 Å². The van der Waals surface area contributed by atoms with E-state index in [0.717, 1.165) is 4.90 Å². The van der Waals surface area contributed by atoms with Gasteiger partial charge in [0.15, 0.2) is 0 Å². The maximum Gasteiger partial charge on any atom is 0.325 e. The molecule has 1 aliphatic rings. The fourth-order valence-corrected chi connectivity index (χ4v) is 2.46. The first-order valence-electron chi connectivity index (χ1n) is 8.01. The van der Waals surface area contributed by atoms with Crippen LogP contribution in [0.4, 0.5) is 9.59 Å². The first kappa shape index (κ1) is 18.4. The molecule has 0 saturated carbocycles. The van der Waals surface area contributed by atoms with E-state index in [-0.39, 0.29) is 5.92 Å². The highest BCUT2D eigenvalue weighted by molar-refractivity contribution is 6.10. The van der Waals surface area contributed by atoms with Gasteiger partial charge < -0.3 is 10.6 Å². The molecule has 3 N–H and O–H groups in total. The van der Waals surface area contributed by atoms with Crippen LogP contribution in [0.1, 0.15) is 26.3 Å². The predicted molar refractivity (Wildman–Crippen MR) is 90.4 cm³/mol. The maximum atomic E-state index is 12.6. The number of imide groups is 2. The van der Waals surface area contributed by atoms with Gasteiger partial charge in [-0.1, -0.05) is 44.2 Å². The molecule has 8 heteroatoms. The SMILES string of the molecule is CC(C)CNC(=O)NC(=O)CN1C(=O)NC(C)(c2ccccc2)C1=O. The number of carbonyl (C=O) groups excluding carboxylic acids is 4. The van der Waals surface area contributed by atoms with Crippen molar-refractivity contribution >= 4 is 23.9 Å². The molecule has 0 bridgehead atoms. The zero-order valence-electron chi connectivity index (χ0n) is 14.5. The average Bonchev–Trinajstić information content (AvgIpc) is 2.78. The van der Waals surface area contributed by atoms with Gasteiger partial charge in [0, 0.05) is 6.54 Å². The van der Waals surface area contributed by atoms with Gasteiger partial charge >= 0.3 is 12.1 Å². The molecule has 8 nitrogen and oxygen atoms in total. The summed E-state index contributed by atoms with van der Waals surface area (Å²) in [6.07, 6.45) is 0. The molecule has 6 amide bonds. The molecule has 2 rings (SSSR count). The molecule has 1 fully saturated rings. The Bertz CT molecular complexity index is 689. The maximum absolute atomic E-state index is 12.6. The van der Waals surface area contributed by atoms with E-state index in [1.54, 1.807) is 37.3 Å². The molecule has 1 saturated heterocycles. The lowest BCUT2D eigenvalue weighted by atomic mass is 9.92. The Labute approximate surface area is 145 Å². The van der Waals surface area contributed by atoms with E-state index in [1.807, 2.05) is 13.8 Å². The Morgan fingerprint density at radius 1 is 1.20 bits per heavy atom. The van der Waals surface area contributed by atoms with Crippen molar-refractivity contribution in [3.05, 3.63) is 35.9 Å². The molecule has 25 heavy (non-hydrogen) atoms. The minimum atomic E-state index is -1.24. The fraction of sp³-hybridized carbons (Fsp3) is 0.412. The lowest BCUT2D eigenvalue weighted by Gasteiger charge is -2.22. The monoisotopic (exact) mass is 346 g/mol. The average molecular weight is 346 g/mol. The summed E-state index contributed by atoms with van der Waals surface area (Å²) in [7, 11) is 0. The number of hydrogen-bond acceptors (Lipinski definition) is 4. The zero-order valence-corrected chi connectivity index (χ0v) is 14.5. The van der Waals surface area contributed by atoms with E-state index in [1.165, 1.54) is 0 Å². The lowest BCUT2D eigenvalue weighted by Crippen LogP contribution is -2.47. The van der Waals surface area contributed by atoms with Crippen LogP contribution in [0.3, 0.4) is 0 Å². The van der Waals surface area contributed by atoms with Crippen molar-refractivity contribution in [2.24, 2.45) is 5.92 Å². The highest BCUT2D eigenvalue weighted by Crippen LogP contribution is 2.28. The minimum absolute atomic E-state index is 0.235. The van der Waals surface area contributed by atoms with Crippen LogP contribution in [0.5, 0.6) is 0 Å². The molecular formula is C17H22N4O4. The van der Waals surface area contributed by atoms with Crippen molar-refractivity contribution in [3.8, 4) is 0 Å². The topological polar surface area (TPSA) is 108 Å². The van der Waals surface area contributed by atoms with E-state index < -0.39 is 36.0 Å². The Morgan fingerprint density at radius 3 is 2.44 bits per heavy atom. The van der Waals surface area contributed by atoms with E-state index >= 15 is 0 Å². The molecule has 1 aliphatic heterocycles. The summed E-state index contributed by atoms with van der Waals surface area (Å²) in [5.41, 5.74) is -0.621. The van der Waals surface area contributed by atoms with Crippen LogP contribution in [0.2, 0.25) is 0 Å². The number of amides is 6. The third-order valence-electron chi connectivity index (χ3n) is 3.85. The van der Waals surface area contributed by atoms with Gasteiger partial charge in [0.1, 0.15) is 12.1 Å². The van der Waals surface area contributed by atoms with E-state index in [0.29, 0.717) is 12.1 Å². The number of benzene rings is 1. The van der Waals surface area contributed by atoms with Gasteiger partial charge in [-0.15, -0.1) is 0 Å². The number of nitrogens with zero attached hydrogens (tertiary/aromatic N) is 1. The van der Waals surface area contributed by atoms with Crippen LogP contribution in [-0.4, -0.2) is 41.9 Å². The van der Waals surface area contributed by atoms with Gasteiger partial charge in [0.2, 0.25) is 5.91 Å². The first-order chi connectivity index (χ1) is 11.7. The van der Waals surface area contributed by atoms with Crippen molar-refractivity contribution in [2.45, 2.75) is 26.3 Å². The van der Waals surface area contributed by atoms with Crippen LogP contribution in [-0.2, 0) is 15.1 Å². The smallest absolute Gasteiger partial charge is 0.325 e. The summed E-state index contributed by atoms with van der Waals surface area (Å²) in [5.74, 6) is -1.04. The molecule has 0 aromatic heterocycles. The molecule has 134 valence electrons. The van der Waals surface area contributed by atoms with Crippen molar-refractivity contribution in [1.82, 2.24) is 20.9 Å². The third kappa shape index (κ3) is 4.14. The largest absolute Gasteiger partial charge is 0.338 e. The van der Waals surface area contributed by atoms with Gasteiger partial charge in [-0.05, 0) is 18.4 Å². The van der Waals surface area contributed by atoms with Crippen LogP contribution < -0.4 is 16.0 Å². The standard InChI is InChI=1S/C17H22N4O4/c1-11(2)9-18-15(24)19-13(22)10-21-14(23)17(3,20-16(21)25)12-7-5-4-6-8-12/h4-8,11H,9-10H2,1-3H3,(H,20,25)(H2,18,19,22,24). The first-order valence-corrected chi connectivity index (χ1v) is 8.01. The van der Waals surface area contributed by atoms with Gasteiger partial charge in [-0.25, -0.2) is 9.59 Å². The molecule has 1 aromatic carbocycles. The third-order valence-corrected chi connectivity index (χ3v) is 3.85. The highest BCUT2D eigenvalue weighted by Gasteiger charge is 2.49. The molecule has 0 radical (unpaired) electrons. The number of hydrogen-bond donors (Lipinski definition) is 3. The Kier molecular flexibility index (Phi) is 5.41. The van der Waals surface area contributed by atoms with Crippen LogP contribution >= 0.6 is 0 Å². The molecule has 0 spiro atoms. The van der Waals surface area contributed by atoms with E-state index in [2.05, 4.69) is 16.0 Å². The molecule has 1 heterocycles. The second-order valence-corrected chi connectivity index (χ2v) is 6.46. The number of rotatable bonds is 5. The summed E-state index contributed by atoms with van der Waals surface area (Å²) in [4.78, 5) is 49.1. The van der Waals surface area contributed by atoms with Crippen molar-refractivity contribution in [2.75, 3.05) is 13.1 Å². The van der Waals surface area contributed by atoms with Gasteiger partial charge in [-0.3, -0.25) is 19.8 Å². The lowest BCUT2D eigenvalue weighted by molar-refractivity contribution is -0.134. The number of carbonyl (C=O) groups is 4. The summed E-state index contributed by atoms with van der Waals surface area (Å²) in [6, 6.07) is 7.44. The minimum Gasteiger partial charge on any atom is -0.338 e. The van der Waals surface area contributed by atoms with Crippen molar-refractivity contribution in [3.63, 3.8) is 0 Å². The highest BCUT2D eigenvalue weighted by atomic mass is 16.2. The molecule has 0 aliphatic carbocycles. The van der Waals surface area contributed by atoms with E-state index in [4.69, 9.17) is 0 Å². The molecule has 1 aromatic rings. The van der Waals surface area contributed by atoms with Gasteiger partial charge in [0.05, 0.1) is 0 Å². The van der Waals surface area contributed by atoms with Crippen molar-refractivity contribution in [1.29, 1.82) is 0 Å². The number of nitrogens with one attached hydrogen (secondary N) is 3. The second-order valence-electron chi connectivity index (χ2n) is 6.46. The van der Waals surface area contributed by atoms with Crippen LogP contribution in [0.25, 0.3) is 0 Å². The van der Waals surface area contributed by atoms with Gasteiger partial charge in [-0.2, -0.15) is 0 Å². The summed E-state index contributed by atoms with van der Waals surface area (Å²) in [5, 5.41) is 7.24. The number of urea groups is 2. The van der Waals surface area contributed by atoms with Crippen LogP contribution in [0.15, 0.2) is 30.3 Å². The van der Waals surface area contributed by atoms with Crippen molar-refractivity contribution < 1.29 is 19.2 Å². The summed E-state index contributed by atoms with van der Waals surface area (Å²) < 4.78 is 0. The molecular weight excluding hydrogens is 324 g/mol. The quantitative estimate of drug-likeness (QED) is 0.690. The molecule has 1 atom stereocenters. The second kappa shape index (κ2) is 7.33. The van der Waals surface area contributed by atoms with E-state index in [9.17, 15) is 19.2 Å². The molecule has 1 unspecified atom stereocenters. The predicted octanol–water partition coefficient (Wildman–Crippen LogP) is 0.935. The zero-order chi connectivity index (χ0) is 18.6.